The third kappa shape index (κ3) is 4.99. The molecule has 38 heavy (non-hydrogen) atoms. The molecule has 12 nitrogen and oxygen atoms in total. The fraction of sp³-hybridized carbons (Fsp3) is 0.167. The van der Waals surface area contributed by atoms with Gasteiger partial charge in [-0.25, -0.2) is 0 Å². The van der Waals surface area contributed by atoms with E-state index in [0.29, 0.717) is 22.8 Å². The van der Waals surface area contributed by atoms with Crippen molar-refractivity contribution in [3.63, 3.8) is 0 Å². The highest BCUT2D eigenvalue weighted by Crippen LogP contribution is 2.11. The van der Waals surface area contributed by atoms with E-state index in [9.17, 15) is 0 Å². The second-order valence-corrected chi connectivity index (χ2v) is 10.2. The average molecular weight is 543 g/mol. The van der Waals surface area contributed by atoms with Crippen LogP contribution in [0.4, 0.5) is 11.4 Å². The highest BCUT2D eigenvalue weighted by atomic mass is 32.1. The van der Waals surface area contributed by atoms with Crippen molar-refractivity contribution in [1.82, 2.24) is 39.6 Å². The van der Waals surface area contributed by atoms with Crippen LogP contribution in [0.15, 0.2) is 70.9 Å². The maximum Gasteiger partial charge on any atom is 0.234 e. The molecule has 2 N–H and O–H groups in total. The van der Waals surface area contributed by atoms with Gasteiger partial charge in [0.05, 0.1) is 22.8 Å². The van der Waals surface area contributed by atoms with E-state index in [1.54, 1.807) is 9.03 Å². The standard InChI is InChI=1S/C24H22N12S2/c1-15-21(29-25-17-9-5-3-6-10-17)37-23-31-27-19(35(23)33-15)13-14-20-28-32-24-36(20)34-16(2)22(38-24)30-26-18-11-7-4-8-12-18/h3-12,25-26H,13-14H2,1-2H3/b29-21-,30-22-. The predicted molar refractivity (Wildman–Crippen MR) is 145 cm³/mol. The largest absolute Gasteiger partial charge is 0.277 e. The summed E-state index contributed by atoms with van der Waals surface area (Å²) in [6.45, 7) is 3.83. The molecule has 0 atom stereocenters. The second kappa shape index (κ2) is 10.4. The summed E-state index contributed by atoms with van der Waals surface area (Å²) in [7, 11) is 0. The van der Waals surface area contributed by atoms with Crippen molar-refractivity contribution in [3.05, 3.63) is 93.0 Å². The number of hydrogen-bond donors (Lipinski definition) is 2. The second-order valence-electron chi connectivity index (χ2n) is 8.29. The first-order valence-electron chi connectivity index (χ1n) is 11.8. The number of rotatable bonds is 7. The number of fused-ring (bicyclic) bond motifs is 2. The number of aromatic nitrogens is 8. The molecule has 0 radical (unpaired) electrons. The van der Waals surface area contributed by atoms with E-state index in [4.69, 9.17) is 0 Å². The lowest BCUT2D eigenvalue weighted by molar-refractivity contribution is 0.723. The predicted octanol–water partition coefficient (Wildman–Crippen LogP) is 2.94. The number of aryl methyl sites for hydroxylation is 4. The zero-order valence-electron chi connectivity index (χ0n) is 20.5. The number of benzene rings is 2. The first-order chi connectivity index (χ1) is 18.6. The van der Waals surface area contributed by atoms with Gasteiger partial charge in [0.2, 0.25) is 9.92 Å². The van der Waals surface area contributed by atoms with Gasteiger partial charge in [-0.1, -0.05) is 59.1 Å². The lowest BCUT2D eigenvalue weighted by Gasteiger charge is -2.02. The van der Waals surface area contributed by atoms with Crippen LogP contribution in [0.5, 0.6) is 0 Å². The van der Waals surface area contributed by atoms with E-state index in [2.05, 4.69) is 51.6 Å². The molecule has 0 aliphatic rings. The Morgan fingerprint density at radius 2 is 1.05 bits per heavy atom. The Hall–Kier alpha value is -4.56. The molecule has 6 rings (SSSR count). The quantitative estimate of drug-likeness (QED) is 0.294. The molecule has 2 aromatic carbocycles. The normalized spacial score (nSPS) is 12.5. The minimum atomic E-state index is 0.576. The molecular weight excluding hydrogens is 520 g/mol. The van der Waals surface area contributed by atoms with Gasteiger partial charge in [0.1, 0.15) is 0 Å². The SMILES string of the molecule is Cc1nn2c(CCc3nnc4s/c(=N\Nc5ccccc5)c(C)nn34)nnc2s/c1=N\Nc1ccccc1. The maximum atomic E-state index is 4.67. The van der Waals surface area contributed by atoms with Gasteiger partial charge in [0, 0.05) is 12.8 Å². The molecule has 0 aliphatic carbocycles. The average Bonchev–Trinajstić information content (AvgIpc) is 3.53. The van der Waals surface area contributed by atoms with Crippen LogP contribution in [0.3, 0.4) is 0 Å². The molecule has 190 valence electrons. The van der Waals surface area contributed by atoms with Gasteiger partial charge >= 0.3 is 0 Å². The summed E-state index contributed by atoms with van der Waals surface area (Å²) in [5.74, 6) is 1.47. The maximum absolute atomic E-state index is 4.67. The van der Waals surface area contributed by atoms with Gasteiger partial charge in [0.25, 0.3) is 0 Å². The number of nitrogens with zero attached hydrogens (tertiary/aromatic N) is 10. The van der Waals surface area contributed by atoms with Crippen LogP contribution < -0.4 is 20.2 Å². The van der Waals surface area contributed by atoms with Crippen LogP contribution in [0.2, 0.25) is 0 Å². The van der Waals surface area contributed by atoms with Gasteiger partial charge in [0.15, 0.2) is 21.0 Å². The van der Waals surface area contributed by atoms with Crippen molar-refractivity contribution in [1.29, 1.82) is 0 Å². The van der Waals surface area contributed by atoms with Gasteiger partial charge < -0.3 is 0 Å². The minimum Gasteiger partial charge on any atom is -0.277 e. The molecule has 14 heteroatoms. The van der Waals surface area contributed by atoms with Crippen LogP contribution in [-0.2, 0) is 12.8 Å². The summed E-state index contributed by atoms with van der Waals surface area (Å²) in [6.07, 6.45) is 1.15. The van der Waals surface area contributed by atoms with Crippen LogP contribution in [-0.4, -0.2) is 39.6 Å². The summed E-state index contributed by atoms with van der Waals surface area (Å²) in [4.78, 5) is 1.33. The Kier molecular flexibility index (Phi) is 6.54. The molecule has 4 heterocycles. The molecule has 0 amide bonds. The third-order valence-corrected chi connectivity index (χ3v) is 7.58. The Morgan fingerprint density at radius 1 is 0.632 bits per heavy atom. The highest BCUT2D eigenvalue weighted by molar-refractivity contribution is 7.14. The summed E-state index contributed by atoms with van der Waals surface area (Å²) < 4.78 is 5.01. The van der Waals surface area contributed by atoms with E-state index in [-0.39, 0.29) is 0 Å². The van der Waals surface area contributed by atoms with Crippen LogP contribution in [0, 0.1) is 13.8 Å². The first-order valence-corrected chi connectivity index (χ1v) is 13.4. The van der Waals surface area contributed by atoms with Gasteiger partial charge in [-0.05, 0) is 38.1 Å². The lowest BCUT2D eigenvalue weighted by Crippen LogP contribution is -2.14. The molecule has 4 aromatic heterocycles. The molecule has 6 aromatic rings. The molecule has 0 aliphatic heterocycles. The van der Waals surface area contributed by atoms with Crippen LogP contribution >= 0.6 is 22.7 Å². The molecule has 0 spiro atoms. The molecular formula is C24H22N12S2. The smallest absolute Gasteiger partial charge is 0.234 e. The van der Waals surface area contributed by atoms with Gasteiger partial charge in [-0.2, -0.15) is 29.4 Å². The molecule has 0 saturated heterocycles. The summed E-state index contributed by atoms with van der Waals surface area (Å²) >= 11 is 2.85. The van der Waals surface area contributed by atoms with E-state index in [1.165, 1.54) is 22.7 Å². The molecule has 0 fully saturated rings. The van der Waals surface area contributed by atoms with Crippen LogP contribution in [0.1, 0.15) is 23.0 Å². The van der Waals surface area contributed by atoms with Crippen molar-refractivity contribution in [3.8, 4) is 0 Å². The molecule has 0 bridgehead atoms. The third-order valence-electron chi connectivity index (χ3n) is 5.54. The monoisotopic (exact) mass is 542 g/mol. The van der Waals surface area contributed by atoms with Crippen molar-refractivity contribution in [2.24, 2.45) is 10.2 Å². The van der Waals surface area contributed by atoms with Gasteiger partial charge in [-0.15, -0.1) is 20.4 Å². The van der Waals surface area contributed by atoms with Crippen molar-refractivity contribution < 1.29 is 0 Å². The molecule has 0 unspecified atom stereocenters. The van der Waals surface area contributed by atoms with E-state index < -0.39 is 0 Å². The Morgan fingerprint density at radius 3 is 1.47 bits per heavy atom. The van der Waals surface area contributed by atoms with Crippen molar-refractivity contribution in [2.75, 3.05) is 10.9 Å². The fourth-order valence-corrected chi connectivity index (χ4v) is 5.16. The van der Waals surface area contributed by atoms with E-state index in [0.717, 1.165) is 43.8 Å². The zero-order valence-corrected chi connectivity index (χ0v) is 22.1. The number of hydrogen-bond acceptors (Lipinski definition) is 12. The minimum absolute atomic E-state index is 0.576. The number of nitrogens with one attached hydrogen (secondary N) is 2. The van der Waals surface area contributed by atoms with Gasteiger partial charge in [-0.3, -0.25) is 10.9 Å². The number of para-hydroxylation sites is 2. The molecule has 0 saturated carbocycles. The van der Waals surface area contributed by atoms with E-state index >= 15 is 0 Å². The summed E-state index contributed by atoms with van der Waals surface area (Å²) in [5.41, 5.74) is 9.48. The lowest BCUT2D eigenvalue weighted by atomic mass is 10.3. The summed E-state index contributed by atoms with van der Waals surface area (Å²) in [5, 5.41) is 35.7. The fourth-order valence-electron chi connectivity index (χ4n) is 3.62. The first kappa shape index (κ1) is 23.8. The Balaban J connectivity index is 1.21. The van der Waals surface area contributed by atoms with Crippen molar-refractivity contribution >= 4 is 44.0 Å². The topological polar surface area (TPSA) is 135 Å². The zero-order chi connectivity index (χ0) is 25.9. The van der Waals surface area contributed by atoms with Crippen LogP contribution in [0.25, 0.3) is 9.92 Å². The number of anilines is 2. The highest BCUT2D eigenvalue weighted by Gasteiger charge is 2.14. The summed E-state index contributed by atoms with van der Waals surface area (Å²) in [6, 6.07) is 19.5. The Bertz CT molecular complexity index is 1720. The van der Waals surface area contributed by atoms with Crippen molar-refractivity contribution in [2.45, 2.75) is 26.7 Å². The Labute approximate surface area is 224 Å². The van der Waals surface area contributed by atoms with E-state index in [1.807, 2.05) is 74.5 Å².